The van der Waals surface area contributed by atoms with Gasteiger partial charge in [-0.15, -0.1) is 11.8 Å². The Morgan fingerprint density at radius 3 is 2.50 bits per heavy atom. The van der Waals surface area contributed by atoms with Crippen LogP contribution in [-0.2, 0) is 14.3 Å². The van der Waals surface area contributed by atoms with Crippen LogP contribution < -0.4 is 0 Å². The molecule has 0 spiro atoms. The normalized spacial score (nSPS) is 35.2. The molecule has 0 unspecified atom stereocenters. The standard InChI is InChI=1S/C16H19Cl2NO6S/c1-24-16-14(23)13(22)12(21)9(25-16)5-19-10(20)6-26-15(19)11-7(17)3-2-4-8(11)18/h2-4,9,12-16,21-23H,5-6H2,1H3/t9-,12-,13+,14-,15-,16+/m1/s1. The van der Waals surface area contributed by atoms with E-state index in [9.17, 15) is 20.1 Å². The van der Waals surface area contributed by atoms with Crippen molar-refractivity contribution < 1.29 is 29.6 Å². The molecule has 26 heavy (non-hydrogen) atoms. The molecular formula is C16H19Cl2NO6S. The summed E-state index contributed by atoms with van der Waals surface area (Å²) in [4.78, 5) is 13.9. The third-order valence-electron chi connectivity index (χ3n) is 4.49. The van der Waals surface area contributed by atoms with Gasteiger partial charge in [-0.25, -0.2) is 0 Å². The van der Waals surface area contributed by atoms with Crippen molar-refractivity contribution in [2.75, 3.05) is 19.4 Å². The van der Waals surface area contributed by atoms with Crippen molar-refractivity contribution in [3.05, 3.63) is 33.8 Å². The lowest BCUT2D eigenvalue weighted by molar-refractivity contribution is -0.291. The zero-order valence-electron chi connectivity index (χ0n) is 13.8. The number of nitrogens with zero attached hydrogens (tertiary/aromatic N) is 1. The molecule has 0 saturated carbocycles. The number of halogens is 2. The van der Waals surface area contributed by atoms with Gasteiger partial charge in [0.05, 0.1) is 12.3 Å². The highest BCUT2D eigenvalue weighted by atomic mass is 35.5. The molecule has 0 bridgehead atoms. The van der Waals surface area contributed by atoms with Gasteiger partial charge in [0.15, 0.2) is 6.29 Å². The maximum absolute atomic E-state index is 12.4. The average molecular weight is 424 g/mol. The molecule has 10 heteroatoms. The summed E-state index contributed by atoms with van der Waals surface area (Å²) in [6.45, 7) is -0.0111. The third-order valence-corrected chi connectivity index (χ3v) is 6.37. The summed E-state index contributed by atoms with van der Waals surface area (Å²) >= 11 is 13.9. The smallest absolute Gasteiger partial charge is 0.233 e. The Morgan fingerprint density at radius 1 is 1.23 bits per heavy atom. The molecule has 7 nitrogen and oxygen atoms in total. The highest BCUT2D eigenvalue weighted by Crippen LogP contribution is 2.45. The Morgan fingerprint density at radius 2 is 1.88 bits per heavy atom. The van der Waals surface area contributed by atoms with Crippen molar-refractivity contribution in [3.63, 3.8) is 0 Å². The number of aliphatic hydroxyl groups excluding tert-OH is 3. The van der Waals surface area contributed by atoms with Crippen LogP contribution in [0.15, 0.2) is 18.2 Å². The van der Waals surface area contributed by atoms with Crippen molar-refractivity contribution in [1.82, 2.24) is 4.90 Å². The van der Waals surface area contributed by atoms with Gasteiger partial charge in [-0.2, -0.15) is 0 Å². The van der Waals surface area contributed by atoms with E-state index in [1.807, 2.05) is 0 Å². The number of amides is 1. The fourth-order valence-corrected chi connectivity index (χ4v) is 5.10. The van der Waals surface area contributed by atoms with E-state index in [4.69, 9.17) is 32.7 Å². The summed E-state index contributed by atoms with van der Waals surface area (Å²) in [5.74, 6) is 0.0647. The van der Waals surface area contributed by atoms with Gasteiger partial charge in [0.25, 0.3) is 0 Å². The zero-order chi connectivity index (χ0) is 19.0. The first kappa shape index (κ1) is 20.2. The molecule has 144 valence electrons. The molecule has 2 heterocycles. The zero-order valence-corrected chi connectivity index (χ0v) is 16.1. The number of carbonyl (C=O) groups excluding carboxylic acids is 1. The number of methoxy groups -OCH3 is 1. The SMILES string of the molecule is CO[C@H]1O[C@H](CN2C(=O)CS[C@@H]2c2c(Cl)cccc2Cl)[C@@H](O)[C@H](O)[C@H]1O. The van der Waals surface area contributed by atoms with Crippen molar-refractivity contribution in [2.45, 2.75) is 36.1 Å². The largest absolute Gasteiger partial charge is 0.388 e. The molecule has 1 aromatic carbocycles. The number of aliphatic hydroxyl groups is 3. The number of rotatable bonds is 4. The lowest BCUT2D eigenvalue weighted by Gasteiger charge is -2.41. The number of hydrogen-bond donors (Lipinski definition) is 3. The van der Waals surface area contributed by atoms with Gasteiger partial charge in [0.2, 0.25) is 5.91 Å². The maximum atomic E-state index is 12.4. The average Bonchev–Trinajstić information content (AvgIpc) is 2.96. The third kappa shape index (κ3) is 3.70. The van der Waals surface area contributed by atoms with Crippen LogP contribution in [-0.4, -0.2) is 76.2 Å². The van der Waals surface area contributed by atoms with Gasteiger partial charge in [-0.05, 0) is 12.1 Å². The molecule has 3 N–H and O–H groups in total. The summed E-state index contributed by atoms with van der Waals surface area (Å²) in [6, 6.07) is 5.10. The quantitative estimate of drug-likeness (QED) is 0.664. The molecule has 2 fully saturated rings. The Kier molecular flexibility index (Phi) is 6.36. The first-order valence-electron chi connectivity index (χ1n) is 7.92. The van der Waals surface area contributed by atoms with E-state index in [1.54, 1.807) is 18.2 Å². The Bertz CT molecular complexity index is 658. The molecular weight excluding hydrogens is 405 g/mol. The van der Waals surface area contributed by atoms with Crippen LogP contribution in [0.5, 0.6) is 0 Å². The van der Waals surface area contributed by atoms with Crippen molar-refractivity contribution in [2.24, 2.45) is 0 Å². The minimum atomic E-state index is -1.45. The topological polar surface area (TPSA) is 99.5 Å². The minimum absolute atomic E-state index is 0.0111. The second-order valence-electron chi connectivity index (χ2n) is 6.10. The first-order chi connectivity index (χ1) is 12.3. The van der Waals surface area contributed by atoms with Crippen LogP contribution in [0.3, 0.4) is 0 Å². The number of hydrogen-bond acceptors (Lipinski definition) is 7. The van der Waals surface area contributed by atoms with Crippen molar-refractivity contribution in [1.29, 1.82) is 0 Å². The van der Waals surface area contributed by atoms with Crippen LogP contribution in [0, 0.1) is 0 Å². The van der Waals surface area contributed by atoms with E-state index in [2.05, 4.69) is 0 Å². The van der Waals surface area contributed by atoms with Crippen molar-refractivity contribution in [3.8, 4) is 0 Å². The van der Waals surface area contributed by atoms with Crippen molar-refractivity contribution >= 4 is 40.9 Å². The van der Waals surface area contributed by atoms with E-state index in [0.717, 1.165) is 0 Å². The molecule has 3 rings (SSSR count). The Balaban J connectivity index is 1.84. The molecule has 2 saturated heterocycles. The monoisotopic (exact) mass is 423 g/mol. The fourth-order valence-electron chi connectivity index (χ4n) is 3.09. The predicted molar refractivity (Wildman–Crippen MR) is 97.1 cm³/mol. The van der Waals surface area contributed by atoms with Gasteiger partial charge >= 0.3 is 0 Å². The summed E-state index contributed by atoms with van der Waals surface area (Å²) < 4.78 is 10.5. The maximum Gasteiger partial charge on any atom is 0.233 e. The molecule has 0 aliphatic carbocycles. The molecule has 1 aromatic rings. The molecule has 0 aromatic heterocycles. The highest BCUT2D eigenvalue weighted by Gasteiger charge is 2.46. The van der Waals surface area contributed by atoms with Crippen LogP contribution in [0.4, 0.5) is 0 Å². The minimum Gasteiger partial charge on any atom is -0.388 e. The van der Waals surface area contributed by atoms with E-state index >= 15 is 0 Å². The highest BCUT2D eigenvalue weighted by molar-refractivity contribution is 8.00. The van der Waals surface area contributed by atoms with E-state index < -0.39 is 36.1 Å². The van der Waals surface area contributed by atoms with E-state index in [0.29, 0.717) is 15.6 Å². The van der Waals surface area contributed by atoms with Crippen LogP contribution in [0.2, 0.25) is 10.0 Å². The number of thioether (sulfide) groups is 1. The first-order valence-corrected chi connectivity index (χ1v) is 9.73. The van der Waals surface area contributed by atoms with Gasteiger partial charge in [-0.1, -0.05) is 29.3 Å². The lowest BCUT2D eigenvalue weighted by atomic mass is 9.98. The summed E-state index contributed by atoms with van der Waals surface area (Å²) in [5, 5.41) is 30.6. The van der Waals surface area contributed by atoms with Gasteiger partial charge in [0.1, 0.15) is 29.8 Å². The van der Waals surface area contributed by atoms with Gasteiger partial charge < -0.3 is 29.7 Å². The molecule has 0 radical (unpaired) electrons. The summed E-state index contributed by atoms with van der Waals surface area (Å²) in [6.07, 6.45) is -6.26. The summed E-state index contributed by atoms with van der Waals surface area (Å²) in [5.41, 5.74) is 0.612. The lowest BCUT2D eigenvalue weighted by Crippen LogP contribution is -2.60. The predicted octanol–water partition coefficient (Wildman–Crippen LogP) is 1.02. The fraction of sp³-hybridized carbons (Fsp3) is 0.562. The second-order valence-corrected chi connectivity index (χ2v) is 7.98. The van der Waals surface area contributed by atoms with Crippen LogP contribution in [0.25, 0.3) is 0 Å². The van der Waals surface area contributed by atoms with E-state index in [-0.39, 0.29) is 18.2 Å². The van der Waals surface area contributed by atoms with Crippen LogP contribution >= 0.6 is 35.0 Å². The van der Waals surface area contributed by atoms with Gasteiger partial charge in [-0.3, -0.25) is 4.79 Å². The van der Waals surface area contributed by atoms with E-state index in [1.165, 1.54) is 23.8 Å². The second kappa shape index (κ2) is 8.20. The van der Waals surface area contributed by atoms with Crippen LogP contribution in [0.1, 0.15) is 10.9 Å². The molecule has 2 aliphatic heterocycles. The number of ether oxygens (including phenoxy) is 2. The van der Waals surface area contributed by atoms with Gasteiger partial charge in [0, 0.05) is 22.7 Å². The molecule has 2 aliphatic rings. The Hall–Kier alpha value is -0.580. The molecule has 1 amide bonds. The molecule has 6 atom stereocenters. The summed E-state index contributed by atoms with van der Waals surface area (Å²) in [7, 11) is 1.32. The number of carbonyl (C=O) groups is 1. The number of benzene rings is 1. The Labute approximate surface area is 164 Å².